The number of benzene rings is 1. The Morgan fingerprint density at radius 2 is 2.11 bits per heavy atom. The van der Waals surface area contributed by atoms with Crippen LogP contribution in [0.5, 0.6) is 5.75 Å². The van der Waals surface area contributed by atoms with Crippen LogP contribution >= 0.6 is 11.3 Å². The highest BCUT2D eigenvalue weighted by molar-refractivity contribution is 7.11. The van der Waals surface area contributed by atoms with Crippen molar-refractivity contribution >= 4 is 34.1 Å². The molecule has 0 aliphatic rings. The molecule has 0 aliphatic carbocycles. The van der Waals surface area contributed by atoms with Crippen LogP contribution < -0.4 is 15.8 Å². The summed E-state index contributed by atoms with van der Waals surface area (Å²) in [7, 11) is 0. The van der Waals surface area contributed by atoms with E-state index in [1.54, 1.807) is 36.5 Å². The normalized spacial score (nSPS) is 12.1. The average molecular weight is 403 g/mol. The number of thiazole rings is 1. The van der Waals surface area contributed by atoms with Crippen LogP contribution in [0.15, 0.2) is 22.6 Å². The minimum Gasteiger partial charge on any atom is -0.488 e. The van der Waals surface area contributed by atoms with E-state index in [1.807, 2.05) is 13.8 Å². The van der Waals surface area contributed by atoms with Gasteiger partial charge in [-0.15, -0.1) is 11.3 Å². The zero-order valence-electron chi connectivity index (χ0n) is 15.7. The first-order valence-corrected chi connectivity index (χ1v) is 9.41. The summed E-state index contributed by atoms with van der Waals surface area (Å²) in [6.45, 7) is 5.31. The molecule has 3 rings (SSSR count). The van der Waals surface area contributed by atoms with Crippen LogP contribution in [0.4, 0.5) is 0 Å². The Kier molecular flexibility index (Phi) is 5.66. The zero-order valence-corrected chi connectivity index (χ0v) is 16.6. The number of nitrogens with zero attached hydrogens (tertiary/aromatic N) is 1. The predicted octanol–water partition coefficient (Wildman–Crippen LogP) is 1.97. The monoisotopic (exact) mass is 403 g/mol. The van der Waals surface area contributed by atoms with Gasteiger partial charge in [-0.1, -0.05) is 0 Å². The number of aliphatic hydroxyl groups excluding tert-OH is 1. The Balaban J connectivity index is 1.86. The van der Waals surface area contributed by atoms with Crippen LogP contribution in [0.2, 0.25) is 0 Å². The minimum atomic E-state index is -1.17. The second-order valence-corrected chi connectivity index (χ2v) is 7.62. The van der Waals surface area contributed by atoms with Gasteiger partial charge in [0.25, 0.3) is 5.91 Å². The summed E-state index contributed by atoms with van der Waals surface area (Å²) in [5, 5.41) is 13.1. The van der Waals surface area contributed by atoms with Gasteiger partial charge < -0.3 is 25.3 Å². The fourth-order valence-electron chi connectivity index (χ4n) is 2.86. The summed E-state index contributed by atoms with van der Waals surface area (Å²) in [5.41, 5.74) is 6.89. The van der Waals surface area contributed by atoms with E-state index in [0.717, 1.165) is 15.6 Å². The van der Waals surface area contributed by atoms with Gasteiger partial charge in [0.2, 0.25) is 5.91 Å². The van der Waals surface area contributed by atoms with E-state index in [-0.39, 0.29) is 5.56 Å². The molecule has 0 saturated heterocycles. The number of amides is 2. The standard InChI is InChI=1S/C19H21N3O5S/c1-9-16(28-11(3)21-9)8-26-12-4-5-15-13(6-12)17(10(2)27-15)19(25)22-14(7-23)18(20)24/h4-6,14,23H,7-8H2,1-3H3,(H2,20,24)(H,22,25)/t14-/m0/s1. The van der Waals surface area contributed by atoms with E-state index in [9.17, 15) is 14.7 Å². The van der Waals surface area contributed by atoms with E-state index in [4.69, 9.17) is 14.9 Å². The van der Waals surface area contributed by atoms with Crippen LogP contribution in [-0.2, 0) is 11.4 Å². The van der Waals surface area contributed by atoms with Gasteiger partial charge in [-0.25, -0.2) is 4.98 Å². The van der Waals surface area contributed by atoms with Gasteiger partial charge >= 0.3 is 0 Å². The molecular formula is C19H21N3O5S. The lowest BCUT2D eigenvalue weighted by molar-refractivity contribution is -0.120. The van der Waals surface area contributed by atoms with Crippen LogP contribution in [-0.4, -0.2) is 34.6 Å². The van der Waals surface area contributed by atoms with Crippen molar-refractivity contribution in [2.75, 3.05) is 6.61 Å². The highest BCUT2D eigenvalue weighted by atomic mass is 32.1. The third-order valence-corrected chi connectivity index (χ3v) is 5.31. The minimum absolute atomic E-state index is 0.268. The summed E-state index contributed by atoms with van der Waals surface area (Å²) < 4.78 is 11.5. The van der Waals surface area contributed by atoms with E-state index < -0.39 is 24.5 Å². The van der Waals surface area contributed by atoms with Crippen molar-refractivity contribution in [2.45, 2.75) is 33.4 Å². The summed E-state index contributed by atoms with van der Waals surface area (Å²) in [6, 6.07) is 4.02. The number of nitrogens with one attached hydrogen (secondary N) is 1. The van der Waals surface area contributed by atoms with Gasteiger partial charge in [-0.2, -0.15) is 0 Å². The molecule has 1 aromatic carbocycles. The number of primary amides is 1. The number of fused-ring (bicyclic) bond motifs is 1. The van der Waals surface area contributed by atoms with Gasteiger partial charge in [-0.3, -0.25) is 9.59 Å². The lowest BCUT2D eigenvalue weighted by Gasteiger charge is -2.12. The van der Waals surface area contributed by atoms with Gasteiger partial charge in [0.05, 0.1) is 27.7 Å². The third-order valence-electron chi connectivity index (χ3n) is 4.26. The van der Waals surface area contributed by atoms with Crippen LogP contribution in [0.25, 0.3) is 11.0 Å². The number of aromatic nitrogens is 1. The maximum Gasteiger partial charge on any atom is 0.256 e. The number of aliphatic hydroxyl groups is 1. The third kappa shape index (κ3) is 4.00. The van der Waals surface area contributed by atoms with E-state index in [0.29, 0.717) is 29.1 Å². The van der Waals surface area contributed by atoms with Gasteiger partial charge in [0.1, 0.15) is 29.7 Å². The number of hydrogen-bond donors (Lipinski definition) is 3. The number of ether oxygens (including phenoxy) is 1. The maximum atomic E-state index is 12.6. The Hall–Kier alpha value is -2.91. The molecule has 0 fully saturated rings. The van der Waals surface area contributed by atoms with E-state index in [2.05, 4.69) is 10.3 Å². The predicted molar refractivity (Wildman–Crippen MR) is 104 cm³/mol. The molecule has 3 aromatic rings. The van der Waals surface area contributed by atoms with E-state index in [1.165, 1.54) is 0 Å². The number of nitrogens with two attached hydrogens (primary N) is 1. The fourth-order valence-corrected chi connectivity index (χ4v) is 3.71. The molecule has 0 unspecified atom stereocenters. The van der Waals surface area contributed by atoms with Crippen molar-refractivity contribution < 1.29 is 23.8 Å². The first kappa shape index (κ1) is 19.8. The molecule has 2 aromatic heterocycles. The second-order valence-electron chi connectivity index (χ2n) is 6.33. The Morgan fingerprint density at radius 3 is 2.71 bits per heavy atom. The lowest BCUT2D eigenvalue weighted by atomic mass is 10.1. The topological polar surface area (TPSA) is 128 Å². The number of rotatable bonds is 7. The Labute approximate surface area is 165 Å². The van der Waals surface area contributed by atoms with E-state index >= 15 is 0 Å². The first-order chi connectivity index (χ1) is 13.3. The Bertz CT molecular complexity index is 1040. The zero-order chi connectivity index (χ0) is 20.4. The number of carbonyl (C=O) groups is 2. The molecule has 9 heteroatoms. The van der Waals surface area contributed by atoms with Gasteiger partial charge in [-0.05, 0) is 39.0 Å². The smallest absolute Gasteiger partial charge is 0.256 e. The summed E-state index contributed by atoms with van der Waals surface area (Å²) >= 11 is 1.58. The van der Waals surface area contributed by atoms with Crippen LogP contribution in [0.1, 0.15) is 31.7 Å². The molecule has 0 bridgehead atoms. The molecule has 2 amide bonds. The fraction of sp³-hybridized carbons (Fsp3) is 0.316. The van der Waals surface area contributed by atoms with Crippen LogP contribution in [0, 0.1) is 20.8 Å². The molecule has 2 heterocycles. The van der Waals surface area contributed by atoms with Crippen molar-refractivity contribution in [1.82, 2.24) is 10.3 Å². The molecule has 1 atom stereocenters. The lowest BCUT2D eigenvalue weighted by Crippen LogP contribution is -2.46. The molecule has 8 nitrogen and oxygen atoms in total. The quantitative estimate of drug-likeness (QED) is 0.553. The van der Waals surface area contributed by atoms with Gasteiger partial charge in [0, 0.05) is 5.39 Å². The average Bonchev–Trinajstić information content (AvgIpc) is 3.14. The highest BCUT2D eigenvalue weighted by Gasteiger charge is 2.23. The van der Waals surface area contributed by atoms with Crippen molar-refractivity contribution in [1.29, 1.82) is 0 Å². The number of hydrogen-bond acceptors (Lipinski definition) is 7. The highest BCUT2D eigenvalue weighted by Crippen LogP contribution is 2.30. The van der Waals surface area contributed by atoms with Crippen molar-refractivity contribution in [3.63, 3.8) is 0 Å². The molecule has 148 valence electrons. The molecular weight excluding hydrogens is 382 g/mol. The molecule has 28 heavy (non-hydrogen) atoms. The number of furan rings is 1. The summed E-state index contributed by atoms with van der Waals surface area (Å²) in [6.07, 6.45) is 0. The molecule has 4 N–H and O–H groups in total. The van der Waals surface area contributed by atoms with Crippen molar-refractivity contribution in [2.24, 2.45) is 5.73 Å². The van der Waals surface area contributed by atoms with Crippen molar-refractivity contribution in [3.8, 4) is 5.75 Å². The Morgan fingerprint density at radius 1 is 1.36 bits per heavy atom. The van der Waals surface area contributed by atoms with Crippen molar-refractivity contribution in [3.05, 3.63) is 45.1 Å². The molecule has 0 radical (unpaired) electrons. The first-order valence-electron chi connectivity index (χ1n) is 8.60. The largest absolute Gasteiger partial charge is 0.488 e. The summed E-state index contributed by atoms with van der Waals surface area (Å²) in [5.74, 6) is -0.415. The van der Waals surface area contributed by atoms with Gasteiger partial charge in [0.15, 0.2) is 0 Å². The summed E-state index contributed by atoms with van der Waals surface area (Å²) in [4.78, 5) is 29.3. The molecule has 0 saturated carbocycles. The number of carbonyl (C=O) groups excluding carboxylic acids is 2. The molecule has 0 aliphatic heterocycles. The SMILES string of the molecule is Cc1nc(C)c(COc2ccc3oc(C)c(C(=O)N[C@@H](CO)C(N)=O)c3c2)s1. The molecule has 0 spiro atoms. The number of aryl methyl sites for hydroxylation is 3. The van der Waals surface area contributed by atoms with Crippen LogP contribution in [0.3, 0.4) is 0 Å². The second kappa shape index (κ2) is 7.99. The maximum absolute atomic E-state index is 12.6.